The number of nitrogens with zero attached hydrogens (tertiary/aromatic N) is 4. The van der Waals surface area contributed by atoms with Crippen LogP contribution in [0.5, 0.6) is 0 Å². The summed E-state index contributed by atoms with van der Waals surface area (Å²) < 4.78 is 6.57. The quantitative estimate of drug-likeness (QED) is 0.142. The molecular formula is C50H36N4O. The van der Waals surface area contributed by atoms with Gasteiger partial charge in [-0.3, -0.25) is 0 Å². The third kappa shape index (κ3) is 6.90. The predicted octanol–water partition coefficient (Wildman–Crippen LogP) is 13.7. The van der Waals surface area contributed by atoms with Crippen LogP contribution in [0, 0.1) is 0 Å². The van der Waals surface area contributed by atoms with Crippen LogP contribution in [0.1, 0.15) is 0 Å². The zero-order valence-corrected chi connectivity index (χ0v) is 30.0. The summed E-state index contributed by atoms with van der Waals surface area (Å²) in [7, 11) is 0. The molecule has 0 atom stereocenters. The Labute approximate surface area is 321 Å². The van der Waals surface area contributed by atoms with Gasteiger partial charge < -0.3 is 14.2 Å². The summed E-state index contributed by atoms with van der Waals surface area (Å²) in [5, 5.41) is 9.25. The Morgan fingerprint density at radius 3 is 0.909 bits per heavy atom. The Morgan fingerprint density at radius 2 is 0.564 bits per heavy atom. The molecule has 0 aliphatic rings. The van der Waals surface area contributed by atoms with Gasteiger partial charge in [-0.1, -0.05) is 133 Å². The molecule has 9 rings (SSSR count). The van der Waals surface area contributed by atoms with Crippen molar-refractivity contribution in [2.75, 3.05) is 9.80 Å². The molecular weight excluding hydrogens is 673 g/mol. The fourth-order valence-electron chi connectivity index (χ4n) is 7.11. The normalized spacial score (nSPS) is 10.9. The average molecular weight is 709 g/mol. The summed E-state index contributed by atoms with van der Waals surface area (Å²) in [6, 6.07) is 75.3. The second-order valence-corrected chi connectivity index (χ2v) is 13.1. The van der Waals surface area contributed by atoms with Gasteiger partial charge in [0.2, 0.25) is 11.8 Å². The molecule has 0 unspecified atom stereocenters. The van der Waals surface area contributed by atoms with Crippen LogP contribution in [0.2, 0.25) is 0 Å². The first kappa shape index (κ1) is 33.3. The van der Waals surface area contributed by atoms with Gasteiger partial charge in [-0.25, -0.2) is 0 Å². The van der Waals surface area contributed by atoms with Crippen molar-refractivity contribution in [2.45, 2.75) is 0 Å². The average Bonchev–Trinajstić information content (AvgIpc) is 3.76. The van der Waals surface area contributed by atoms with E-state index in [-0.39, 0.29) is 0 Å². The van der Waals surface area contributed by atoms with E-state index >= 15 is 0 Å². The van der Waals surface area contributed by atoms with E-state index in [1.165, 1.54) is 0 Å². The zero-order chi connectivity index (χ0) is 36.8. The predicted molar refractivity (Wildman–Crippen MR) is 225 cm³/mol. The minimum atomic E-state index is 0.460. The molecule has 0 saturated carbocycles. The first-order valence-electron chi connectivity index (χ1n) is 18.3. The standard InChI is InChI=1S/C50H36N4O/c1-5-21-39(22-6-1)53(40-23-7-2-8-24-40)43-29-17-19-37(35-43)45-31-13-15-33-47(45)49-51-52-50(55-49)48-34-16-14-32-46(48)38-20-18-30-44(36-38)54(41-25-9-3-10-26-41)42-27-11-4-12-28-42/h1-36H. The van der Waals surface area contributed by atoms with E-state index in [1.807, 2.05) is 60.7 Å². The molecule has 55 heavy (non-hydrogen) atoms. The molecule has 0 aliphatic heterocycles. The maximum absolute atomic E-state index is 6.57. The number of rotatable bonds is 10. The van der Waals surface area contributed by atoms with Gasteiger partial charge in [-0.15, -0.1) is 10.2 Å². The summed E-state index contributed by atoms with van der Waals surface area (Å²) in [4.78, 5) is 4.53. The molecule has 0 N–H and O–H groups in total. The van der Waals surface area contributed by atoms with Crippen molar-refractivity contribution in [1.82, 2.24) is 10.2 Å². The Balaban J connectivity index is 1.07. The van der Waals surface area contributed by atoms with Crippen LogP contribution in [0.15, 0.2) is 223 Å². The first-order chi connectivity index (χ1) is 27.3. The minimum Gasteiger partial charge on any atom is -0.416 e. The van der Waals surface area contributed by atoms with Gasteiger partial charge in [0.25, 0.3) is 0 Å². The molecule has 262 valence electrons. The molecule has 8 aromatic carbocycles. The van der Waals surface area contributed by atoms with Crippen molar-refractivity contribution in [1.29, 1.82) is 0 Å². The van der Waals surface area contributed by atoms with Gasteiger partial charge in [-0.05, 0) is 107 Å². The highest BCUT2D eigenvalue weighted by Crippen LogP contribution is 2.41. The SMILES string of the molecule is c1ccc(N(c2ccccc2)c2cccc(-c3ccccc3-c3nnc(-c4ccccc4-c4cccc(N(c5ccccc5)c5ccccc5)c4)o3)c2)cc1. The molecule has 9 aromatic rings. The van der Waals surface area contributed by atoms with Gasteiger partial charge in [0.1, 0.15) is 0 Å². The van der Waals surface area contributed by atoms with Crippen molar-refractivity contribution in [3.63, 3.8) is 0 Å². The van der Waals surface area contributed by atoms with E-state index in [9.17, 15) is 0 Å². The third-order valence-corrected chi connectivity index (χ3v) is 9.63. The topological polar surface area (TPSA) is 45.4 Å². The van der Waals surface area contributed by atoms with Gasteiger partial charge in [0.05, 0.1) is 0 Å². The fraction of sp³-hybridized carbons (Fsp3) is 0. The molecule has 5 heteroatoms. The lowest BCUT2D eigenvalue weighted by molar-refractivity contribution is 0.585. The molecule has 1 heterocycles. The maximum atomic E-state index is 6.57. The van der Waals surface area contributed by atoms with Crippen molar-refractivity contribution in [2.24, 2.45) is 0 Å². The molecule has 0 bridgehead atoms. The van der Waals surface area contributed by atoms with Crippen LogP contribution in [0.3, 0.4) is 0 Å². The van der Waals surface area contributed by atoms with E-state index < -0.39 is 0 Å². The van der Waals surface area contributed by atoms with Crippen LogP contribution >= 0.6 is 0 Å². The minimum absolute atomic E-state index is 0.460. The Hall–Kier alpha value is -7.50. The third-order valence-electron chi connectivity index (χ3n) is 9.63. The van der Waals surface area contributed by atoms with Crippen molar-refractivity contribution < 1.29 is 4.42 Å². The number of hydrogen-bond donors (Lipinski definition) is 0. The van der Waals surface area contributed by atoms with E-state index in [0.717, 1.165) is 67.5 Å². The van der Waals surface area contributed by atoms with Gasteiger partial charge in [-0.2, -0.15) is 0 Å². The summed E-state index contributed by atoms with van der Waals surface area (Å²) in [6.45, 7) is 0. The van der Waals surface area contributed by atoms with Crippen LogP contribution in [0.4, 0.5) is 34.1 Å². The second-order valence-electron chi connectivity index (χ2n) is 13.1. The molecule has 0 amide bonds. The van der Waals surface area contributed by atoms with Crippen LogP contribution in [-0.4, -0.2) is 10.2 Å². The van der Waals surface area contributed by atoms with Crippen molar-refractivity contribution in [3.8, 4) is 45.2 Å². The van der Waals surface area contributed by atoms with E-state index in [4.69, 9.17) is 4.42 Å². The largest absolute Gasteiger partial charge is 0.416 e. The first-order valence-corrected chi connectivity index (χ1v) is 18.3. The maximum Gasteiger partial charge on any atom is 0.248 e. The lowest BCUT2D eigenvalue weighted by Crippen LogP contribution is -2.09. The summed E-state index contributed by atoms with van der Waals surface area (Å²) in [6.07, 6.45) is 0. The van der Waals surface area contributed by atoms with Crippen LogP contribution in [0.25, 0.3) is 45.2 Å². The Bertz CT molecular complexity index is 2400. The second kappa shape index (κ2) is 15.2. The monoisotopic (exact) mass is 708 g/mol. The molecule has 5 nitrogen and oxygen atoms in total. The van der Waals surface area contributed by atoms with Gasteiger partial charge >= 0.3 is 0 Å². The van der Waals surface area contributed by atoms with E-state index in [2.05, 4.69) is 178 Å². The summed E-state index contributed by atoms with van der Waals surface area (Å²) in [5.74, 6) is 0.920. The number of benzene rings is 8. The van der Waals surface area contributed by atoms with Gasteiger partial charge in [0, 0.05) is 45.3 Å². The van der Waals surface area contributed by atoms with E-state index in [0.29, 0.717) is 11.8 Å². The summed E-state index contributed by atoms with van der Waals surface area (Å²) in [5.41, 5.74) is 12.2. The molecule has 1 aromatic heterocycles. The lowest BCUT2D eigenvalue weighted by atomic mass is 9.98. The van der Waals surface area contributed by atoms with E-state index in [1.54, 1.807) is 0 Å². The van der Waals surface area contributed by atoms with Crippen LogP contribution < -0.4 is 9.80 Å². The van der Waals surface area contributed by atoms with Crippen molar-refractivity contribution >= 4 is 34.1 Å². The number of para-hydroxylation sites is 4. The smallest absolute Gasteiger partial charge is 0.248 e. The van der Waals surface area contributed by atoms with Gasteiger partial charge in [0.15, 0.2) is 0 Å². The highest BCUT2D eigenvalue weighted by atomic mass is 16.4. The molecule has 0 aliphatic carbocycles. The molecule has 0 spiro atoms. The highest BCUT2D eigenvalue weighted by Gasteiger charge is 2.20. The number of hydrogen-bond acceptors (Lipinski definition) is 5. The Kier molecular flexibility index (Phi) is 9.23. The highest BCUT2D eigenvalue weighted by molar-refractivity contribution is 5.87. The van der Waals surface area contributed by atoms with Crippen LogP contribution in [-0.2, 0) is 0 Å². The fourth-order valence-corrected chi connectivity index (χ4v) is 7.11. The van der Waals surface area contributed by atoms with Crippen molar-refractivity contribution in [3.05, 3.63) is 218 Å². The number of aromatic nitrogens is 2. The zero-order valence-electron chi connectivity index (χ0n) is 30.0. The lowest BCUT2D eigenvalue weighted by Gasteiger charge is -2.26. The number of anilines is 6. The molecule has 0 saturated heterocycles. The molecule has 0 radical (unpaired) electrons. The molecule has 0 fully saturated rings. The Morgan fingerprint density at radius 1 is 0.273 bits per heavy atom. The summed E-state index contributed by atoms with van der Waals surface area (Å²) >= 11 is 0.